The summed E-state index contributed by atoms with van der Waals surface area (Å²) in [4.78, 5) is 0. The van der Waals surface area contributed by atoms with Crippen molar-refractivity contribution in [3.63, 3.8) is 0 Å². The minimum atomic E-state index is -0.0542. The van der Waals surface area contributed by atoms with Gasteiger partial charge in [-0.25, -0.2) is 4.68 Å². The summed E-state index contributed by atoms with van der Waals surface area (Å²) in [5, 5.41) is 15.8. The molecular formula is C25H24N2O. The molecule has 1 heterocycles. The van der Waals surface area contributed by atoms with Gasteiger partial charge in [0.25, 0.3) is 0 Å². The SMILES string of the molecule is CC(C)(C)c1cc(-c2ccccc2)c(O)c(-n2ccc(-c3ccccc3)n2)c1. The van der Waals surface area contributed by atoms with Crippen molar-refractivity contribution in [2.24, 2.45) is 0 Å². The highest BCUT2D eigenvalue weighted by Crippen LogP contribution is 2.39. The van der Waals surface area contributed by atoms with Gasteiger partial charge in [0.05, 0.1) is 5.69 Å². The Labute approximate surface area is 165 Å². The molecule has 140 valence electrons. The largest absolute Gasteiger partial charge is 0.505 e. The van der Waals surface area contributed by atoms with Crippen molar-refractivity contribution in [2.45, 2.75) is 26.2 Å². The van der Waals surface area contributed by atoms with Crippen LogP contribution in [0, 0.1) is 0 Å². The van der Waals surface area contributed by atoms with E-state index in [9.17, 15) is 5.11 Å². The summed E-state index contributed by atoms with van der Waals surface area (Å²) >= 11 is 0. The zero-order chi connectivity index (χ0) is 19.7. The third-order valence-corrected chi connectivity index (χ3v) is 4.95. The molecular weight excluding hydrogens is 344 g/mol. The minimum absolute atomic E-state index is 0.0542. The molecule has 1 aromatic heterocycles. The van der Waals surface area contributed by atoms with Crippen LogP contribution in [0.1, 0.15) is 26.3 Å². The lowest BCUT2D eigenvalue weighted by Crippen LogP contribution is -2.12. The summed E-state index contributed by atoms with van der Waals surface area (Å²) in [6.07, 6.45) is 1.90. The fourth-order valence-corrected chi connectivity index (χ4v) is 3.29. The number of rotatable bonds is 3. The summed E-state index contributed by atoms with van der Waals surface area (Å²) in [5.74, 6) is 0.238. The maximum atomic E-state index is 11.1. The maximum Gasteiger partial charge on any atom is 0.149 e. The molecule has 3 aromatic carbocycles. The van der Waals surface area contributed by atoms with Crippen molar-refractivity contribution < 1.29 is 5.11 Å². The second-order valence-corrected chi connectivity index (χ2v) is 8.02. The number of phenolic OH excluding ortho intramolecular Hbond substituents is 1. The molecule has 28 heavy (non-hydrogen) atoms. The van der Waals surface area contributed by atoms with Gasteiger partial charge in [-0.3, -0.25) is 0 Å². The maximum absolute atomic E-state index is 11.1. The van der Waals surface area contributed by atoms with Crippen LogP contribution in [0.3, 0.4) is 0 Å². The normalized spacial score (nSPS) is 11.5. The van der Waals surface area contributed by atoms with Crippen LogP contribution >= 0.6 is 0 Å². The van der Waals surface area contributed by atoms with Gasteiger partial charge in [-0.1, -0.05) is 81.4 Å². The topological polar surface area (TPSA) is 38.0 Å². The highest BCUT2D eigenvalue weighted by Gasteiger charge is 2.21. The molecule has 0 amide bonds. The molecule has 0 fully saturated rings. The zero-order valence-corrected chi connectivity index (χ0v) is 16.4. The Kier molecular flexibility index (Phi) is 4.52. The smallest absolute Gasteiger partial charge is 0.149 e. The Bertz CT molecular complexity index is 1090. The molecule has 0 radical (unpaired) electrons. The third-order valence-electron chi connectivity index (χ3n) is 4.95. The van der Waals surface area contributed by atoms with E-state index >= 15 is 0 Å². The summed E-state index contributed by atoms with van der Waals surface area (Å²) in [5.41, 5.74) is 5.52. The van der Waals surface area contributed by atoms with Crippen LogP contribution in [0.25, 0.3) is 28.1 Å². The third kappa shape index (κ3) is 3.44. The minimum Gasteiger partial charge on any atom is -0.505 e. The van der Waals surface area contributed by atoms with Crippen molar-refractivity contribution in [2.75, 3.05) is 0 Å². The first-order chi connectivity index (χ1) is 13.4. The molecule has 4 aromatic rings. The van der Waals surface area contributed by atoms with Gasteiger partial charge in [0.1, 0.15) is 11.4 Å². The molecule has 0 aliphatic carbocycles. The lowest BCUT2D eigenvalue weighted by molar-refractivity contribution is 0.471. The van der Waals surface area contributed by atoms with E-state index in [1.807, 2.05) is 79.0 Å². The van der Waals surface area contributed by atoms with Crippen LogP contribution in [0.4, 0.5) is 0 Å². The van der Waals surface area contributed by atoms with Gasteiger partial charge >= 0.3 is 0 Å². The van der Waals surface area contributed by atoms with Crippen LogP contribution < -0.4 is 0 Å². The number of hydrogen-bond acceptors (Lipinski definition) is 2. The summed E-state index contributed by atoms with van der Waals surface area (Å²) in [6, 6.07) is 26.1. The van der Waals surface area contributed by atoms with Gasteiger partial charge in [0.15, 0.2) is 0 Å². The van der Waals surface area contributed by atoms with Gasteiger partial charge in [0, 0.05) is 17.3 Å². The predicted octanol–water partition coefficient (Wildman–Crippen LogP) is 6.21. The Balaban J connectivity index is 1.88. The van der Waals surface area contributed by atoms with Gasteiger partial charge in [-0.05, 0) is 34.7 Å². The second kappa shape index (κ2) is 7.01. The molecule has 0 spiro atoms. The van der Waals surface area contributed by atoms with Crippen molar-refractivity contribution in [3.8, 4) is 33.8 Å². The fraction of sp³-hybridized carbons (Fsp3) is 0.160. The Morgan fingerprint density at radius 3 is 2.00 bits per heavy atom. The van der Waals surface area contributed by atoms with Gasteiger partial charge < -0.3 is 5.11 Å². The monoisotopic (exact) mass is 368 g/mol. The molecule has 0 bridgehead atoms. The van der Waals surface area contributed by atoms with E-state index in [4.69, 9.17) is 5.10 Å². The van der Waals surface area contributed by atoms with Crippen molar-refractivity contribution in [1.29, 1.82) is 0 Å². The van der Waals surface area contributed by atoms with Crippen molar-refractivity contribution in [3.05, 3.63) is 90.6 Å². The number of phenols is 1. The van der Waals surface area contributed by atoms with Gasteiger partial charge in [-0.2, -0.15) is 5.10 Å². The quantitative estimate of drug-likeness (QED) is 0.467. The first-order valence-electron chi connectivity index (χ1n) is 9.48. The molecule has 3 nitrogen and oxygen atoms in total. The summed E-state index contributed by atoms with van der Waals surface area (Å²) < 4.78 is 1.76. The van der Waals surface area contributed by atoms with E-state index in [-0.39, 0.29) is 11.2 Å². The molecule has 0 unspecified atom stereocenters. The second-order valence-electron chi connectivity index (χ2n) is 8.02. The zero-order valence-electron chi connectivity index (χ0n) is 16.4. The molecule has 0 atom stereocenters. The average Bonchev–Trinajstić information content (AvgIpc) is 3.18. The number of aromatic hydroxyl groups is 1. The Morgan fingerprint density at radius 1 is 0.786 bits per heavy atom. The molecule has 3 heteroatoms. The van der Waals surface area contributed by atoms with Crippen LogP contribution in [0.15, 0.2) is 85.1 Å². The predicted molar refractivity (Wildman–Crippen MR) is 115 cm³/mol. The lowest BCUT2D eigenvalue weighted by Gasteiger charge is -2.22. The highest BCUT2D eigenvalue weighted by atomic mass is 16.3. The highest BCUT2D eigenvalue weighted by molar-refractivity contribution is 5.76. The van der Waals surface area contributed by atoms with Crippen LogP contribution in [0.5, 0.6) is 5.75 Å². The number of benzene rings is 3. The van der Waals surface area contributed by atoms with Crippen LogP contribution in [0.2, 0.25) is 0 Å². The van der Waals surface area contributed by atoms with E-state index < -0.39 is 0 Å². The van der Waals surface area contributed by atoms with Gasteiger partial charge in [-0.15, -0.1) is 0 Å². The number of nitrogens with zero attached hydrogens (tertiary/aromatic N) is 2. The molecule has 0 saturated carbocycles. The van der Waals surface area contributed by atoms with Crippen LogP contribution in [-0.4, -0.2) is 14.9 Å². The van der Waals surface area contributed by atoms with Gasteiger partial charge in [0.2, 0.25) is 0 Å². The molecule has 1 N–H and O–H groups in total. The van der Waals surface area contributed by atoms with E-state index in [0.29, 0.717) is 5.69 Å². The van der Waals surface area contributed by atoms with E-state index in [1.165, 1.54) is 0 Å². The van der Waals surface area contributed by atoms with E-state index in [2.05, 4.69) is 26.8 Å². The molecule has 0 saturated heterocycles. The Morgan fingerprint density at radius 2 is 1.39 bits per heavy atom. The standard InChI is InChI=1S/C25H24N2O/c1-25(2,3)20-16-21(18-10-6-4-7-11-18)24(28)23(17-20)27-15-14-22(26-27)19-12-8-5-9-13-19/h4-17,28H,1-3H3. The fourth-order valence-electron chi connectivity index (χ4n) is 3.29. The lowest BCUT2D eigenvalue weighted by atomic mass is 9.84. The Hall–Kier alpha value is -3.33. The van der Waals surface area contributed by atoms with Crippen LogP contribution in [-0.2, 0) is 5.41 Å². The molecule has 0 aliphatic heterocycles. The summed E-state index contributed by atoms with van der Waals surface area (Å²) in [7, 11) is 0. The molecule has 4 rings (SSSR count). The number of aromatic nitrogens is 2. The van der Waals surface area contributed by atoms with E-state index in [1.54, 1.807) is 4.68 Å². The first kappa shape index (κ1) is 18.1. The first-order valence-corrected chi connectivity index (χ1v) is 9.48. The molecule has 0 aliphatic rings. The average molecular weight is 368 g/mol. The number of hydrogen-bond donors (Lipinski definition) is 1. The van der Waals surface area contributed by atoms with Crippen molar-refractivity contribution in [1.82, 2.24) is 9.78 Å². The van der Waals surface area contributed by atoms with E-state index in [0.717, 1.165) is 27.9 Å². The summed E-state index contributed by atoms with van der Waals surface area (Å²) in [6.45, 7) is 6.53. The van der Waals surface area contributed by atoms with Crippen molar-refractivity contribution >= 4 is 0 Å².